The van der Waals surface area contributed by atoms with Gasteiger partial charge in [0, 0.05) is 23.0 Å². The zero-order valence-corrected chi connectivity index (χ0v) is 19.4. The summed E-state index contributed by atoms with van der Waals surface area (Å²) in [4.78, 5) is 6.60. The summed E-state index contributed by atoms with van der Waals surface area (Å²) in [5.41, 5.74) is 2.98. The van der Waals surface area contributed by atoms with E-state index < -0.39 is 24.1 Å². The number of alkyl halides is 7. The van der Waals surface area contributed by atoms with Gasteiger partial charge < -0.3 is 14.4 Å². The molecule has 35 heavy (non-hydrogen) atoms. The van der Waals surface area contributed by atoms with Crippen molar-refractivity contribution in [1.82, 2.24) is 25.6 Å². The Morgan fingerprint density at radius 2 is 1.11 bits per heavy atom. The minimum Gasteiger partial charge on any atom is -0.329 e. The molecule has 2 aromatic carbocycles. The van der Waals surface area contributed by atoms with E-state index in [0.29, 0.717) is 23.0 Å². The zero-order valence-electron chi connectivity index (χ0n) is 17.8. The lowest BCUT2D eigenvalue weighted by Gasteiger charge is -2.00. The van der Waals surface area contributed by atoms with Gasteiger partial charge in [0.2, 0.25) is 11.6 Å². The first-order valence-electron chi connectivity index (χ1n) is 9.72. The lowest BCUT2D eigenvalue weighted by Crippen LogP contribution is -2.05. The molecule has 4 rings (SSSR count). The molecule has 0 fully saturated rings. The minimum absolute atomic E-state index is 0.0709. The number of hydrogen-bond donors (Lipinski definition) is 1. The molecule has 14 heteroatoms. The first kappa shape index (κ1) is 26.3. The van der Waals surface area contributed by atoms with E-state index >= 15 is 0 Å². The second-order valence-electron chi connectivity index (χ2n) is 6.90. The van der Waals surface area contributed by atoms with Gasteiger partial charge in [-0.15, -0.1) is 0 Å². The van der Waals surface area contributed by atoms with E-state index in [9.17, 15) is 26.3 Å². The standard InChI is InChI=1S/C11H10F3N3O.C10H6BrF3N2O/c1-15-6-7-2-4-8(5-3-7)9-16-10(18-17-9)11(12,13)14;11-5-6-1-3-7(4-2-6)8-15-9(17-16-8)10(12,13)14/h2-5,15H,6H2,1H3;1-4H,5H2. The molecule has 7 nitrogen and oxygen atoms in total. The molecule has 0 amide bonds. The maximum absolute atomic E-state index is 12.3. The summed E-state index contributed by atoms with van der Waals surface area (Å²) in [5, 5.41) is 10.2. The Balaban J connectivity index is 0.000000196. The number of nitrogens with one attached hydrogen (secondary N) is 1. The van der Waals surface area contributed by atoms with Gasteiger partial charge in [-0.3, -0.25) is 0 Å². The average Bonchev–Trinajstić information content (AvgIpc) is 3.51. The van der Waals surface area contributed by atoms with E-state index in [1.807, 2.05) is 7.05 Å². The topological polar surface area (TPSA) is 89.9 Å². The molecule has 0 spiro atoms. The smallest absolute Gasteiger partial charge is 0.329 e. The van der Waals surface area contributed by atoms with Crippen LogP contribution in [-0.2, 0) is 24.2 Å². The van der Waals surface area contributed by atoms with Crippen LogP contribution >= 0.6 is 15.9 Å². The lowest BCUT2D eigenvalue weighted by molar-refractivity contribution is -0.160. The molecular formula is C21H16BrF6N5O2. The lowest BCUT2D eigenvalue weighted by atomic mass is 10.1. The van der Waals surface area contributed by atoms with E-state index in [1.54, 1.807) is 48.5 Å². The fourth-order valence-electron chi connectivity index (χ4n) is 2.63. The van der Waals surface area contributed by atoms with Crippen LogP contribution in [0, 0.1) is 0 Å². The molecule has 0 atom stereocenters. The third kappa shape index (κ3) is 7.11. The Morgan fingerprint density at radius 1 is 0.714 bits per heavy atom. The number of nitrogens with zero attached hydrogens (tertiary/aromatic N) is 4. The molecule has 2 aromatic heterocycles. The number of halogens is 7. The van der Waals surface area contributed by atoms with Crippen LogP contribution in [0.2, 0.25) is 0 Å². The van der Waals surface area contributed by atoms with Crippen molar-refractivity contribution >= 4 is 15.9 Å². The van der Waals surface area contributed by atoms with Crippen LogP contribution in [0.15, 0.2) is 57.6 Å². The molecule has 0 radical (unpaired) electrons. The highest BCUT2D eigenvalue weighted by Crippen LogP contribution is 2.30. The second-order valence-corrected chi connectivity index (χ2v) is 7.46. The Labute approximate surface area is 202 Å². The number of aromatic nitrogens is 4. The SMILES string of the molecule is CNCc1ccc(-c2noc(C(F)(F)F)n2)cc1.FC(F)(F)c1nc(-c2ccc(CBr)cc2)no1. The molecule has 0 aliphatic carbocycles. The van der Waals surface area contributed by atoms with Crippen molar-refractivity contribution in [3.8, 4) is 22.8 Å². The fraction of sp³-hybridized carbons (Fsp3) is 0.238. The van der Waals surface area contributed by atoms with E-state index in [4.69, 9.17) is 0 Å². The molecule has 0 aliphatic heterocycles. The first-order chi connectivity index (χ1) is 16.5. The summed E-state index contributed by atoms with van der Waals surface area (Å²) in [6, 6.07) is 13.7. The third-order valence-corrected chi connectivity index (χ3v) is 4.94. The highest BCUT2D eigenvalue weighted by molar-refractivity contribution is 9.08. The first-order valence-corrected chi connectivity index (χ1v) is 10.8. The molecule has 186 valence electrons. The predicted octanol–water partition coefficient (Wildman–Crippen LogP) is 6.13. The number of hydrogen-bond acceptors (Lipinski definition) is 7. The summed E-state index contributed by atoms with van der Waals surface area (Å²) in [6.07, 6.45) is -9.22. The van der Waals surface area contributed by atoms with Crippen molar-refractivity contribution in [2.45, 2.75) is 24.2 Å². The van der Waals surface area contributed by atoms with Gasteiger partial charge in [0.05, 0.1) is 0 Å². The van der Waals surface area contributed by atoms with Crippen molar-refractivity contribution in [2.75, 3.05) is 7.05 Å². The number of rotatable bonds is 5. The van der Waals surface area contributed by atoms with Crippen LogP contribution < -0.4 is 5.32 Å². The van der Waals surface area contributed by atoms with Crippen molar-refractivity contribution < 1.29 is 35.4 Å². The van der Waals surface area contributed by atoms with Crippen LogP contribution in [0.5, 0.6) is 0 Å². The fourth-order valence-corrected chi connectivity index (χ4v) is 3.00. The van der Waals surface area contributed by atoms with Gasteiger partial charge >= 0.3 is 24.1 Å². The molecule has 0 bridgehead atoms. The molecule has 4 aromatic rings. The quantitative estimate of drug-likeness (QED) is 0.231. The normalized spacial score (nSPS) is 11.8. The van der Waals surface area contributed by atoms with Crippen LogP contribution in [0.3, 0.4) is 0 Å². The number of benzene rings is 2. The largest absolute Gasteiger partial charge is 0.471 e. The van der Waals surface area contributed by atoms with E-state index in [2.05, 4.69) is 50.6 Å². The summed E-state index contributed by atoms with van der Waals surface area (Å²) >= 11 is 3.27. The second kappa shape index (κ2) is 11.0. The highest BCUT2D eigenvalue weighted by Gasteiger charge is 2.39. The minimum atomic E-state index is -4.61. The summed E-state index contributed by atoms with van der Waals surface area (Å²) in [7, 11) is 1.81. The van der Waals surface area contributed by atoms with Gasteiger partial charge in [-0.05, 0) is 18.2 Å². The summed E-state index contributed by atoms with van der Waals surface area (Å²) in [5.74, 6) is -2.81. The van der Waals surface area contributed by atoms with E-state index in [1.165, 1.54) is 0 Å². The predicted molar refractivity (Wildman–Crippen MR) is 115 cm³/mol. The van der Waals surface area contributed by atoms with E-state index in [0.717, 1.165) is 11.1 Å². The van der Waals surface area contributed by atoms with Crippen molar-refractivity contribution in [3.63, 3.8) is 0 Å². The van der Waals surface area contributed by atoms with Gasteiger partial charge in [-0.2, -0.15) is 36.3 Å². The van der Waals surface area contributed by atoms with Crippen molar-refractivity contribution in [1.29, 1.82) is 0 Å². The van der Waals surface area contributed by atoms with E-state index in [-0.39, 0.29) is 11.6 Å². The average molecular weight is 564 g/mol. The molecular weight excluding hydrogens is 548 g/mol. The molecule has 0 saturated heterocycles. The van der Waals surface area contributed by atoms with Crippen LogP contribution in [0.25, 0.3) is 22.8 Å². The monoisotopic (exact) mass is 563 g/mol. The van der Waals surface area contributed by atoms with Crippen molar-refractivity contribution in [2.24, 2.45) is 0 Å². The molecule has 0 unspecified atom stereocenters. The van der Waals surface area contributed by atoms with Crippen LogP contribution in [0.4, 0.5) is 26.3 Å². The Morgan fingerprint density at radius 3 is 1.43 bits per heavy atom. The van der Waals surface area contributed by atoms with Gasteiger partial charge in [0.1, 0.15) is 0 Å². The zero-order chi connectivity index (χ0) is 25.6. The maximum Gasteiger partial charge on any atom is 0.471 e. The van der Waals surface area contributed by atoms with Gasteiger partial charge in [0.25, 0.3) is 0 Å². The highest BCUT2D eigenvalue weighted by atomic mass is 79.9. The van der Waals surface area contributed by atoms with Gasteiger partial charge in [0.15, 0.2) is 0 Å². The molecule has 1 N–H and O–H groups in total. The van der Waals surface area contributed by atoms with Gasteiger partial charge in [-0.1, -0.05) is 74.8 Å². The summed E-state index contributed by atoms with van der Waals surface area (Å²) in [6.45, 7) is 0.681. The van der Waals surface area contributed by atoms with Gasteiger partial charge in [-0.25, -0.2) is 0 Å². The Bertz CT molecular complexity index is 1220. The third-order valence-electron chi connectivity index (χ3n) is 4.30. The molecule has 0 saturated carbocycles. The van der Waals surface area contributed by atoms with Crippen LogP contribution in [0.1, 0.15) is 22.9 Å². The van der Waals surface area contributed by atoms with Crippen molar-refractivity contribution in [3.05, 3.63) is 71.4 Å². The molecule has 0 aliphatic rings. The maximum atomic E-state index is 12.3. The Hall–Kier alpha value is -3.26. The van der Waals surface area contributed by atoms with Crippen LogP contribution in [-0.4, -0.2) is 27.3 Å². The summed E-state index contributed by atoms with van der Waals surface area (Å²) < 4.78 is 81.8. The Kier molecular flexibility index (Phi) is 8.27. The molecule has 2 heterocycles.